The van der Waals surface area contributed by atoms with Crippen molar-refractivity contribution >= 4 is 11.6 Å². The average Bonchev–Trinajstić information content (AvgIpc) is 3.08. The van der Waals surface area contributed by atoms with Gasteiger partial charge in [0.1, 0.15) is 5.82 Å². The van der Waals surface area contributed by atoms with Crippen molar-refractivity contribution in [1.82, 2.24) is 5.32 Å². The molecule has 0 aliphatic heterocycles. The summed E-state index contributed by atoms with van der Waals surface area (Å²) in [6.07, 6.45) is 3.44. The van der Waals surface area contributed by atoms with Gasteiger partial charge in [0.15, 0.2) is 0 Å². The lowest BCUT2D eigenvalue weighted by Crippen LogP contribution is -2.24. The minimum Gasteiger partial charge on any atom is -0.310 e. The topological polar surface area (TPSA) is 12.0 Å². The van der Waals surface area contributed by atoms with Crippen molar-refractivity contribution in [1.29, 1.82) is 0 Å². The highest BCUT2D eigenvalue weighted by Gasteiger charge is 2.33. The molecule has 0 saturated heterocycles. The lowest BCUT2D eigenvalue weighted by molar-refractivity contribution is 0.458. The summed E-state index contributed by atoms with van der Waals surface area (Å²) in [5, 5.41) is 3.64. The Morgan fingerprint density at radius 1 is 1.50 bits per heavy atom. The first-order chi connectivity index (χ1) is 7.74. The van der Waals surface area contributed by atoms with Crippen LogP contribution in [0.25, 0.3) is 0 Å². The molecule has 1 fully saturated rings. The van der Waals surface area contributed by atoms with E-state index in [4.69, 9.17) is 11.6 Å². The lowest BCUT2D eigenvalue weighted by Gasteiger charge is -2.19. The molecule has 1 N–H and O–H groups in total. The molecule has 1 nitrogen and oxygen atoms in total. The first kappa shape index (κ1) is 11.9. The quantitative estimate of drug-likeness (QED) is 0.824. The van der Waals surface area contributed by atoms with E-state index in [1.54, 1.807) is 6.07 Å². The van der Waals surface area contributed by atoms with Crippen LogP contribution < -0.4 is 5.32 Å². The molecule has 0 radical (unpaired) electrons. The van der Waals surface area contributed by atoms with Gasteiger partial charge in [-0.15, -0.1) is 0 Å². The summed E-state index contributed by atoms with van der Waals surface area (Å²) in [5.41, 5.74) is 0.725. The fraction of sp³-hybridized carbons (Fsp3) is 0.538. The van der Waals surface area contributed by atoms with Gasteiger partial charge >= 0.3 is 0 Å². The van der Waals surface area contributed by atoms with E-state index in [2.05, 4.69) is 12.2 Å². The van der Waals surface area contributed by atoms with Gasteiger partial charge in [-0.05, 0) is 37.8 Å². The smallest absolute Gasteiger partial charge is 0.146 e. The van der Waals surface area contributed by atoms with Gasteiger partial charge in [-0.25, -0.2) is 4.39 Å². The molecule has 1 aliphatic carbocycles. The van der Waals surface area contributed by atoms with E-state index in [1.807, 2.05) is 12.1 Å². The van der Waals surface area contributed by atoms with Crippen LogP contribution >= 0.6 is 11.6 Å². The number of halogens is 2. The zero-order chi connectivity index (χ0) is 11.5. The van der Waals surface area contributed by atoms with Crippen molar-refractivity contribution in [2.45, 2.75) is 32.2 Å². The Hall–Kier alpha value is -0.600. The maximum atomic E-state index is 13.9. The van der Waals surface area contributed by atoms with Crippen LogP contribution in [0.1, 0.15) is 37.8 Å². The summed E-state index contributed by atoms with van der Waals surface area (Å²) in [6, 6.07) is 5.40. The summed E-state index contributed by atoms with van der Waals surface area (Å²) in [4.78, 5) is 0. The normalized spacial score (nSPS) is 17.4. The number of hydrogen-bond donors (Lipinski definition) is 1. The van der Waals surface area contributed by atoms with Crippen molar-refractivity contribution in [3.05, 3.63) is 34.6 Å². The summed E-state index contributed by atoms with van der Waals surface area (Å²) in [6.45, 7) is 3.04. The molecule has 2 rings (SSSR count). The zero-order valence-corrected chi connectivity index (χ0v) is 10.2. The third kappa shape index (κ3) is 2.55. The molecule has 0 bridgehead atoms. The van der Waals surface area contributed by atoms with Crippen molar-refractivity contribution in [3.63, 3.8) is 0 Å². The first-order valence-corrected chi connectivity index (χ1v) is 6.29. The second-order valence-electron chi connectivity index (χ2n) is 4.41. The van der Waals surface area contributed by atoms with Crippen LogP contribution in [0, 0.1) is 11.7 Å². The molecule has 0 spiro atoms. The molecule has 1 saturated carbocycles. The Bertz CT molecular complexity index is 363. The van der Waals surface area contributed by atoms with Gasteiger partial charge < -0.3 is 5.32 Å². The van der Waals surface area contributed by atoms with Crippen molar-refractivity contribution in [2.24, 2.45) is 5.92 Å². The number of rotatable bonds is 5. The van der Waals surface area contributed by atoms with E-state index in [9.17, 15) is 4.39 Å². The van der Waals surface area contributed by atoms with Crippen LogP contribution in [0.5, 0.6) is 0 Å². The van der Waals surface area contributed by atoms with Gasteiger partial charge in [-0.3, -0.25) is 0 Å². The third-order valence-corrected chi connectivity index (χ3v) is 3.32. The molecule has 1 aromatic rings. The summed E-state index contributed by atoms with van der Waals surface area (Å²) in [7, 11) is 0. The molecule has 0 aromatic heterocycles. The molecule has 3 heteroatoms. The van der Waals surface area contributed by atoms with Crippen molar-refractivity contribution in [3.8, 4) is 0 Å². The van der Waals surface area contributed by atoms with Crippen LogP contribution in [0.4, 0.5) is 4.39 Å². The average molecular weight is 242 g/mol. The maximum absolute atomic E-state index is 13.9. The molecule has 0 amide bonds. The number of hydrogen-bond acceptors (Lipinski definition) is 1. The van der Waals surface area contributed by atoms with E-state index < -0.39 is 0 Å². The zero-order valence-electron chi connectivity index (χ0n) is 9.47. The van der Waals surface area contributed by atoms with Gasteiger partial charge in [-0.2, -0.15) is 0 Å². The molecular formula is C13H17ClFN. The fourth-order valence-corrected chi connectivity index (χ4v) is 2.20. The predicted octanol–water partition coefficient (Wildman–Crippen LogP) is 3.93. The highest BCUT2D eigenvalue weighted by Crippen LogP contribution is 2.42. The monoisotopic (exact) mass is 241 g/mol. The molecule has 1 aliphatic rings. The van der Waals surface area contributed by atoms with Crippen LogP contribution in [0.2, 0.25) is 5.02 Å². The second kappa shape index (κ2) is 5.15. The van der Waals surface area contributed by atoms with Crippen LogP contribution in [-0.4, -0.2) is 6.54 Å². The van der Waals surface area contributed by atoms with Gasteiger partial charge in [0.2, 0.25) is 0 Å². The van der Waals surface area contributed by atoms with Crippen molar-refractivity contribution < 1.29 is 4.39 Å². The molecular weight excluding hydrogens is 225 g/mol. The van der Waals surface area contributed by atoms with E-state index in [1.165, 1.54) is 12.8 Å². The van der Waals surface area contributed by atoms with E-state index in [0.717, 1.165) is 18.5 Å². The fourth-order valence-electron chi connectivity index (χ4n) is 2.02. The minimum atomic E-state index is -0.260. The van der Waals surface area contributed by atoms with Gasteiger partial charge in [0, 0.05) is 11.6 Å². The highest BCUT2D eigenvalue weighted by molar-refractivity contribution is 6.30. The minimum absolute atomic E-state index is 0.138. The summed E-state index contributed by atoms with van der Waals surface area (Å²) in [5.74, 6) is 0.323. The Morgan fingerprint density at radius 2 is 2.25 bits per heavy atom. The summed E-state index contributed by atoms with van der Waals surface area (Å²) < 4.78 is 13.9. The predicted molar refractivity (Wildman–Crippen MR) is 65.2 cm³/mol. The van der Waals surface area contributed by atoms with E-state index >= 15 is 0 Å². The Balaban J connectivity index is 2.20. The number of benzene rings is 1. The molecule has 16 heavy (non-hydrogen) atoms. The largest absolute Gasteiger partial charge is 0.310 e. The third-order valence-electron chi connectivity index (χ3n) is 3.02. The lowest BCUT2D eigenvalue weighted by atomic mass is 10.0. The molecule has 1 aromatic carbocycles. The molecule has 88 valence electrons. The SMILES string of the molecule is CCCNC(c1cccc(Cl)c1F)C1CC1. The Morgan fingerprint density at radius 3 is 2.88 bits per heavy atom. The van der Waals surface area contributed by atoms with Crippen LogP contribution in [-0.2, 0) is 0 Å². The van der Waals surface area contributed by atoms with Gasteiger partial charge in [-0.1, -0.05) is 30.7 Å². The van der Waals surface area contributed by atoms with E-state index in [-0.39, 0.29) is 16.9 Å². The molecule has 0 heterocycles. The Kier molecular flexibility index (Phi) is 3.82. The summed E-state index contributed by atoms with van der Waals surface area (Å²) >= 11 is 5.81. The van der Waals surface area contributed by atoms with Gasteiger partial charge in [0.25, 0.3) is 0 Å². The standard InChI is InChI=1S/C13H17ClFN/c1-2-8-16-13(9-6-7-9)10-4-3-5-11(14)12(10)15/h3-5,9,13,16H,2,6-8H2,1H3. The number of nitrogens with one attached hydrogen (secondary N) is 1. The second-order valence-corrected chi connectivity index (χ2v) is 4.82. The van der Waals surface area contributed by atoms with Crippen LogP contribution in [0.15, 0.2) is 18.2 Å². The maximum Gasteiger partial charge on any atom is 0.146 e. The van der Waals surface area contributed by atoms with Gasteiger partial charge in [0.05, 0.1) is 5.02 Å². The first-order valence-electron chi connectivity index (χ1n) is 5.91. The van der Waals surface area contributed by atoms with E-state index in [0.29, 0.717) is 5.92 Å². The highest BCUT2D eigenvalue weighted by atomic mass is 35.5. The molecule has 1 atom stereocenters. The van der Waals surface area contributed by atoms with Crippen LogP contribution in [0.3, 0.4) is 0 Å². The Labute approximate surface area is 101 Å². The molecule has 1 unspecified atom stereocenters. The van der Waals surface area contributed by atoms with Crippen molar-refractivity contribution in [2.75, 3.05) is 6.54 Å².